The summed E-state index contributed by atoms with van der Waals surface area (Å²) in [7, 11) is 0. The number of hydrogen-bond donors (Lipinski definition) is 0. The van der Waals surface area contributed by atoms with Crippen LogP contribution in [-0.2, 0) is 6.67 Å². The summed E-state index contributed by atoms with van der Waals surface area (Å²) in [4.78, 5) is 11.2. The molecule has 1 aliphatic carbocycles. The zero-order chi connectivity index (χ0) is 23.1. The fraction of sp³-hybridized carbons (Fsp3) is 0.375. The fourth-order valence-electron chi connectivity index (χ4n) is 4.59. The van der Waals surface area contributed by atoms with Gasteiger partial charge in [0.25, 0.3) is 0 Å². The average molecular weight is 478 g/mol. The van der Waals surface area contributed by atoms with Crippen LogP contribution < -0.4 is 0 Å². The third kappa shape index (κ3) is 4.19. The van der Waals surface area contributed by atoms with Crippen LogP contribution in [0.1, 0.15) is 43.5 Å². The summed E-state index contributed by atoms with van der Waals surface area (Å²) in [6, 6.07) is 10.6. The van der Waals surface area contributed by atoms with E-state index in [1.807, 2.05) is 23.0 Å². The Labute approximate surface area is 201 Å². The lowest BCUT2D eigenvalue weighted by Crippen LogP contribution is -2.36. The lowest BCUT2D eigenvalue weighted by molar-refractivity contribution is 0.143. The minimum Gasteiger partial charge on any atom is -0.339 e. The summed E-state index contributed by atoms with van der Waals surface area (Å²) < 4.78 is 24.0. The maximum atomic E-state index is 13.6. The number of benzene rings is 1. The van der Waals surface area contributed by atoms with Crippen LogP contribution in [0.5, 0.6) is 0 Å². The monoisotopic (exact) mass is 477 g/mol. The maximum absolute atomic E-state index is 13.6. The summed E-state index contributed by atoms with van der Waals surface area (Å²) in [5.41, 5.74) is 1.59. The zero-order valence-corrected chi connectivity index (χ0v) is 19.4. The molecule has 0 radical (unpaired) electrons. The van der Waals surface area contributed by atoms with Gasteiger partial charge in [0, 0.05) is 36.1 Å². The van der Waals surface area contributed by atoms with E-state index in [4.69, 9.17) is 21.8 Å². The second-order valence-electron chi connectivity index (χ2n) is 8.97. The number of hydrogen-bond acceptors (Lipinski definition) is 7. The number of halogens is 1. The Morgan fingerprint density at radius 1 is 1.12 bits per heavy atom. The molecule has 0 amide bonds. The summed E-state index contributed by atoms with van der Waals surface area (Å²) in [5, 5.41) is 8.98. The number of nitrogens with zero attached hydrogens (tertiary/aromatic N) is 7. The van der Waals surface area contributed by atoms with Gasteiger partial charge in [-0.2, -0.15) is 10.1 Å². The van der Waals surface area contributed by atoms with Gasteiger partial charge in [-0.1, -0.05) is 17.3 Å². The van der Waals surface area contributed by atoms with E-state index in [2.05, 4.69) is 24.6 Å². The first kappa shape index (κ1) is 21.3. The van der Waals surface area contributed by atoms with Crippen LogP contribution in [0.2, 0.25) is 0 Å². The molecule has 1 aromatic carbocycles. The Morgan fingerprint density at radius 2 is 2.00 bits per heavy atom. The molecule has 1 aliphatic heterocycles. The minimum atomic E-state index is -0.319. The van der Waals surface area contributed by atoms with Crippen molar-refractivity contribution in [2.24, 2.45) is 0 Å². The van der Waals surface area contributed by atoms with Crippen LogP contribution >= 0.6 is 12.2 Å². The van der Waals surface area contributed by atoms with Crippen molar-refractivity contribution < 1.29 is 8.91 Å². The predicted octanol–water partition coefficient (Wildman–Crippen LogP) is 4.84. The molecular formula is C24H24FN7OS. The Bertz CT molecular complexity index is 1360. The van der Waals surface area contributed by atoms with E-state index in [0.29, 0.717) is 30.0 Å². The molecule has 2 aliphatic rings. The van der Waals surface area contributed by atoms with E-state index in [9.17, 15) is 4.39 Å². The zero-order valence-electron chi connectivity index (χ0n) is 18.5. The van der Waals surface area contributed by atoms with Crippen molar-refractivity contribution in [2.75, 3.05) is 13.1 Å². The van der Waals surface area contributed by atoms with Gasteiger partial charge in [0.2, 0.25) is 11.7 Å². The number of pyridine rings is 1. The molecule has 2 fully saturated rings. The molecule has 6 rings (SSSR count). The highest BCUT2D eigenvalue weighted by molar-refractivity contribution is 7.71. The van der Waals surface area contributed by atoms with Crippen LogP contribution in [0, 0.1) is 10.6 Å². The van der Waals surface area contributed by atoms with E-state index in [1.165, 1.54) is 12.1 Å². The first-order valence-corrected chi connectivity index (χ1v) is 12.0. The van der Waals surface area contributed by atoms with Gasteiger partial charge in [0.1, 0.15) is 5.82 Å². The van der Waals surface area contributed by atoms with Crippen molar-refractivity contribution in [1.82, 2.24) is 34.4 Å². The normalized spacial score (nSPS) is 18.9. The average Bonchev–Trinajstić information content (AvgIpc) is 3.47. The van der Waals surface area contributed by atoms with Crippen molar-refractivity contribution in [1.29, 1.82) is 0 Å². The second-order valence-corrected chi connectivity index (χ2v) is 9.34. The number of rotatable bonds is 6. The predicted molar refractivity (Wildman–Crippen MR) is 126 cm³/mol. The smallest absolute Gasteiger partial charge is 0.231 e. The SMILES string of the molecule is Fc1cccc(-c2noc([C@@H]3CCCN(Cn4nc(-c5cccnc5)n(C5CC5)c4=S)C3)n2)c1. The minimum absolute atomic E-state index is 0.112. The first-order valence-electron chi connectivity index (χ1n) is 11.6. The molecule has 4 heterocycles. The molecule has 0 spiro atoms. The Balaban J connectivity index is 1.21. The summed E-state index contributed by atoms with van der Waals surface area (Å²) >= 11 is 5.83. The molecule has 0 unspecified atom stereocenters. The third-order valence-electron chi connectivity index (χ3n) is 6.42. The lowest BCUT2D eigenvalue weighted by atomic mass is 9.98. The summed E-state index contributed by atoms with van der Waals surface area (Å²) in [5.74, 6) is 1.68. The molecular weight excluding hydrogens is 453 g/mol. The molecule has 0 N–H and O–H groups in total. The highest BCUT2D eigenvalue weighted by Gasteiger charge is 2.31. The van der Waals surface area contributed by atoms with Crippen LogP contribution in [0.4, 0.5) is 4.39 Å². The molecule has 1 atom stereocenters. The van der Waals surface area contributed by atoms with Gasteiger partial charge >= 0.3 is 0 Å². The first-order chi connectivity index (χ1) is 16.7. The Kier molecular flexibility index (Phi) is 5.54. The highest BCUT2D eigenvalue weighted by atomic mass is 32.1. The van der Waals surface area contributed by atoms with Crippen LogP contribution in [0.15, 0.2) is 53.3 Å². The van der Waals surface area contributed by atoms with E-state index in [-0.39, 0.29) is 11.7 Å². The van der Waals surface area contributed by atoms with Gasteiger partial charge in [-0.05, 0) is 68.7 Å². The van der Waals surface area contributed by atoms with Gasteiger partial charge in [-0.25, -0.2) is 9.07 Å². The standard InChI is InChI=1S/C24H24FN7OS/c25-19-7-1-4-16(12-19)21-27-23(33-29-21)18-6-3-11-30(14-18)15-31-24(34)32(20-8-9-20)22(28-31)17-5-2-10-26-13-17/h1-2,4-5,7,10,12-13,18,20H,3,6,8-9,11,14-15H2/t18-/m1/s1. The van der Waals surface area contributed by atoms with E-state index in [0.717, 1.165) is 54.9 Å². The van der Waals surface area contributed by atoms with Gasteiger partial charge in [-0.3, -0.25) is 14.5 Å². The molecule has 34 heavy (non-hydrogen) atoms. The van der Waals surface area contributed by atoms with Crippen LogP contribution in [-0.4, -0.2) is 47.5 Å². The van der Waals surface area contributed by atoms with Crippen molar-refractivity contribution in [3.63, 3.8) is 0 Å². The van der Waals surface area contributed by atoms with E-state index in [1.54, 1.807) is 18.3 Å². The Morgan fingerprint density at radius 3 is 2.79 bits per heavy atom. The van der Waals surface area contributed by atoms with E-state index >= 15 is 0 Å². The molecule has 4 aromatic rings. The largest absolute Gasteiger partial charge is 0.339 e. The highest BCUT2D eigenvalue weighted by Crippen LogP contribution is 2.38. The molecule has 1 saturated heterocycles. The second kappa shape index (κ2) is 8.84. The van der Waals surface area contributed by atoms with Gasteiger partial charge in [-0.15, -0.1) is 0 Å². The molecule has 1 saturated carbocycles. The summed E-state index contributed by atoms with van der Waals surface area (Å²) in [6.07, 6.45) is 7.83. The molecule has 8 nitrogen and oxygen atoms in total. The van der Waals surface area contributed by atoms with Crippen LogP contribution in [0.3, 0.4) is 0 Å². The van der Waals surface area contributed by atoms with Gasteiger partial charge < -0.3 is 4.52 Å². The van der Waals surface area contributed by atoms with Crippen molar-refractivity contribution in [3.05, 3.63) is 65.3 Å². The van der Waals surface area contributed by atoms with Gasteiger partial charge in [0.15, 0.2) is 10.6 Å². The van der Waals surface area contributed by atoms with Crippen molar-refractivity contribution in [2.45, 2.75) is 44.3 Å². The third-order valence-corrected chi connectivity index (χ3v) is 6.82. The molecule has 3 aromatic heterocycles. The van der Waals surface area contributed by atoms with E-state index < -0.39 is 0 Å². The lowest BCUT2D eigenvalue weighted by Gasteiger charge is -2.30. The van der Waals surface area contributed by atoms with Crippen molar-refractivity contribution in [3.8, 4) is 22.8 Å². The molecule has 10 heteroatoms. The number of piperidine rings is 1. The quantitative estimate of drug-likeness (QED) is 0.368. The topological polar surface area (TPSA) is 77.8 Å². The molecule has 0 bridgehead atoms. The maximum Gasteiger partial charge on any atom is 0.231 e. The summed E-state index contributed by atoms with van der Waals surface area (Å²) in [6.45, 7) is 2.32. The van der Waals surface area contributed by atoms with Gasteiger partial charge in [0.05, 0.1) is 12.6 Å². The number of aromatic nitrogens is 6. The Hall–Kier alpha value is -3.24. The molecule has 174 valence electrons. The number of likely N-dealkylation sites (tertiary alicyclic amines) is 1. The van der Waals surface area contributed by atoms with Crippen molar-refractivity contribution >= 4 is 12.2 Å². The fourth-order valence-corrected chi connectivity index (χ4v) is 4.92. The van der Waals surface area contributed by atoms with Crippen LogP contribution in [0.25, 0.3) is 22.8 Å².